The van der Waals surface area contributed by atoms with Gasteiger partial charge in [0, 0.05) is 25.1 Å². The molecule has 252 valence electrons. The van der Waals surface area contributed by atoms with Gasteiger partial charge < -0.3 is 24.1 Å². The maximum Gasteiger partial charge on any atom is 0.352 e. The molecule has 0 radical (unpaired) electrons. The van der Waals surface area contributed by atoms with E-state index in [9.17, 15) is 19.5 Å². The molecule has 1 aliphatic rings. The molecule has 0 unspecified atom stereocenters. The first kappa shape index (κ1) is 33.9. The number of hydrogen-bond donors (Lipinski definition) is 5. The van der Waals surface area contributed by atoms with Gasteiger partial charge in [-0.15, -0.1) is 0 Å². The molecule has 2 heterocycles. The van der Waals surface area contributed by atoms with Crippen molar-refractivity contribution in [2.45, 2.75) is 44.3 Å². The molecule has 14 heteroatoms. The Morgan fingerprint density at radius 2 is 1.50 bits per heavy atom. The highest BCUT2D eigenvalue weighted by Gasteiger charge is 2.42. The first-order valence-electron chi connectivity index (χ1n) is 15.1. The molecule has 3 aromatic carbocycles. The van der Waals surface area contributed by atoms with Crippen LogP contribution in [0.4, 0.5) is 10.6 Å². The van der Waals surface area contributed by atoms with Gasteiger partial charge in [-0.25, -0.2) is 20.4 Å². The van der Waals surface area contributed by atoms with Gasteiger partial charge in [-0.05, 0) is 47.9 Å². The molecule has 0 saturated carbocycles. The number of rotatable bonds is 11. The maximum atomic E-state index is 13.0. The summed E-state index contributed by atoms with van der Waals surface area (Å²) >= 11 is 0. The monoisotopic (exact) mass is 658 g/mol. The number of benzene rings is 3. The van der Waals surface area contributed by atoms with Gasteiger partial charge in [0.05, 0.1) is 26.9 Å². The van der Waals surface area contributed by atoms with Crippen LogP contribution in [0.1, 0.15) is 41.8 Å². The van der Waals surface area contributed by atoms with E-state index in [1.165, 1.54) is 17.7 Å². The van der Waals surface area contributed by atoms with Crippen LogP contribution in [0.2, 0.25) is 0 Å². The molecule has 0 aliphatic carbocycles. The summed E-state index contributed by atoms with van der Waals surface area (Å²) in [5.74, 6) is 1.01. The van der Waals surface area contributed by atoms with Crippen molar-refractivity contribution in [2.75, 3.05) is 26.3 Å². The average Bonchev–Trinajstić information content (AvgIpc) is 3.48. The summed E-state index contributed by atoms with van der Waals surface area (Å²) in [7, 11) is 3.21. The van der Waals surface area contributed by atoms with Gasteiger partial charge in [0.25, 0.3) is 0 Å². The summed E-state index contributed by atoms with van der Waals surface area (Å²) in [6.07, 6.45) is -0.944. The SMILES string of the molecule is COc1ccc(C(OC[C@H]2O[C@@H](n3cc(C)c(NNC(=O)NNC(C)=O)nc3=O)C[C@@H]2O)(c2ccccc2)c2ccc(OC)cc2)cc1. The Balaban J connectivity index is 1.40. The Hall–Kier alpha value is -5.44. The van der Waals surface area contributed by atoms with Crippen LogP contribution in [0.3, 0.4) is 0 Å². The van der Waals surface area contributed by atoms with E-state index in [1.54, 1.807) is 21.1 Å². The lowest BCUT2D eigenvalue weighted by Crippen LogP contribution is -2.48. The maximum absolute atomic E-state index is 13.0. The van der Waals surface area contributed by atoms with Gasteiger partial charge in [0.1, 0.15) is 29.4 Å². The fourth-order valence-electron chi connectivity index (χ4n) is 5.51. The summed E-state index contributed by atoms with van der Waals surface area (Å²) in [6.45, 7) is 2.89. The lowest BCUT2D eigenvalue weighted by atomic mass is 9.80. The number of carbonyl (C=O) groups excluding carboxylic acids is 2. The van der Waals surface area contributed by atoms with Crippen molar-refractivity contribution in [1.29, 1.82) is 0 Å². The van der Waals surface area contributed by atoms with Crippen LogP contribution in [0, 0.1) is 6.92 Å². The molecule has 1 fully saturated rings. The van der Waals surface area contributed by atoms with E-state index in [1.807, 2.05) is 78.9 Å². The van der Waals surface area contributed by atoms with Crippen molar-refractivity contribution in [1.82, 2.24) is 25.8 Å². The number of carbonyl (C=O) groups is 2. The Bertz CT molecular complexity index is 1720. The van der Waals surface area contributed by atoms with E-state index in [-0.39, 0.29) is 18.8 Å². The van der Waals surface area contributed by atoms with Crippen LogP contribution >= 0.6 is 0 Å². The normalized spacial score (nSPS) is 17.3. The molecule has 1 aliphatic heterocycles. The zero-order chi connectivity index (χ0) is 34.3. The summed E-state index contributed by atoms with van der Waals surface area (Å²) in [5, 5.41) is 11.1. The van der Waals surface area contributed by atoms with Gasteiger partial charge in [-0.2, -0.15) is 4.98 Å². The third kappa shape index (κ3) is 7.41. The van der Waals surface area contributed by atoms with Crippen LogP contribution < -0.4 is 36.9 Å². The highest BCUT2D eigenvalue weighted by Crippen LogP contribution is 2.42. The van der Waals surface area contributed by atoms with Crippen molar-refractivity contribution >= 4 is 17.8 Å². The van der Waals surface area contributed by atoms with E-state index < -0.39 is 41.7 Å². The van der Waals surface area contributed by atoms with Crippen molar-refractivity contribution in [3.05, 3.63) is 118 Å². The van der Waals surface area contributed by atoms with Gasteiger partial charge >= 0.3 is 11.7 Å². The van der Waals surface area contributed by atoms with Crippen molar-refractivity contribution in [3.63, 3.8) is 0 Å². The Morgan fingerprint density at radius 3 is 2.06 bits per heavy atom. The zero-order valence-electron chi connectivity index (χ0n) is 26.9. The number of urea groups is 1. The molecule has 1 aromatic heterocycles. The number of aliphatic hydroxyl groups is 1. The lowest BCUT2D eigenvalue weighted by molar-refractivity contribution is -0.119. The fourth-order valence-corrected chi connectivity index (χ4v) is 5.51. The van der Waals surface area contributed by atoms with Crippen LogP contribution in [-0.2, 0) is 19.9 Å². The fraction of sp³-hybridized carbons (Fsp3) is 0.294. The van der Waals surface area contributed by atoms with Crippen LogP contribution in [-0.4, -0.2) is 59.6 Å². The first-order chi connectivity index (χ1) is 23.1. The Morgan fingerprint density at radius 1 is 0.917 bits per heavy atom. The van der Waals surface area contributed by atoms with E-state index >= 15 is 0 Å². The number of hydrogen-bond acceptors (Lipinski definition) is 10. The Kier molecular flexibility index (Phi) is 10.6. The number of amides is 3. The number of nitrogens with zero attached hydrogens (tertiary/aromatic N) is 2. The first-order valence-corrected chi connectivity index (χ1v) is 15.1. The van der Waals surface area contributed by atoms with Crippen LogP contribution in [0.25, 0.3) is 0 Å². The predicted octanol–water partition coefficient (Wildman–Crippen LogP) is 2.90. The number of methoxy groups -OCH3 is 2. The minimum Gasteiger partial charge on any atom is -0.497 e. The van der Waals surface area contributed by atoms with E-state index in [0.29, 0.717) is 17.1 Å². The summed E-state index contributed by atoms with van der Waals surface area (Å²) in [5.41, 5.74) is 10.3. The van der Waals surface area contributed by atoms with Crippen molar-refractivity contribution in [2.24, 2.45) is 0 Å². The van der Waals surface area contributed by atoms with E-state index in [0.717, 1.165) is 16.7 Å². The van der Waals surface area contributed by atoms with Crippen LogP contribution in [0.15, 0.2) is 89.9 Å². The van der Waals surface area contributed by atoms with E-state index in [4.69, 9.17) is 18.9 Å². The smallest absolute Gasteiger partial charge is 0.352 e. The summed E-state index contributed by atoms with van der Waals surface area (Å²) in [4.78, 5) is 39.9. The van der Waals surface area contributed by atoms with Gasteiger partial charge in [0.2, 0.25) is 5.91 Å². The van der Waals surface area contributed by atoms with Gasteiger partial charge in [0.15, 0.2) is 5.82 Å². The molecular formula is C34H38N6O8. The summed E-state index contributed by atoms with van der Waals surface area (Å²) in [6, 6.07) is 24.2. The number of aliphatic hydroxyl groups excluding tert-OH is 1. The highest BCUT2D eigenvalue weighted by molar-refractivity contribution is 5.80. The van der Waals surface area contributed by atoms with Crippen molar-refractivity contribution in [3.8, 4) is 11.5 Å². The van der Waals surface area contributed by atoms with Crippen molar-refractivity contribution < 1.29 is 33.6 Å². The molecule has 5 N–H and O–H groups in total. The molecule has 48 heavy (non-hydrogen) atoms. The molecule has 14 nitrogen and oxygen atoms in total. The third-order valence-electron chi connectivity index (χ3n) is 7.93. The molecule has 1 saturated heterocycles. The second-order valence-electron chi connectivity index (χ2n) is 11.1. The molecule has 3 atom stereocenters. The largest absolute Gasteiger partial charge is 0.497 e. The van der Waals surface area contributed by atoms with Gasteiger partial charge in [-0.3, -0.25) is 20.2 Å². The zero-order valence-corrected chi connectivity index (χ0v) is 26.9. The number of aryl methyl sites for hydroxylation is 1. The summed E-state index contributed by atoms with van der Waals surface area (Å²) < 4.78 is 25.2. The van der Waals surface area contributed by atoms with Gasteiger partial charge in [-0.1, -0.05) is 54.6 Å². The molecule has 3 amide bonds. The average molecular weight is 659 g/mol. The Labute approximate surface area is 276 Å². The third-order valence-corrected chi connectivity index (χ3v) is 7.93. The number of hydrazine groups is 2. The minimum atomic E-state index is -1.12. The number of nitrogens with one attached hydrogen (secondary N) is 4. The molecule has 0 bridgehead atoms. The molecule has 5 rings (SSSR count). The topological polar surface area (TPSA) is 174 Å². The second kappa shape index (κ2) is 15.0. The number of ether oxygens (including phenoxy) is 4. The highest BCUT2D eigenvalue weighted by atomic mass is 16.6. The number of aromatic nitrogens is 2. The number of anilines is 1. The molecule has 4 aromatic rings. The lowest BCUT2D eigenvalue weighted by Gasteiger charge is -2.37. The second-order valence-corrected chi connectivity index (χ2v) is 11.1. The predicted molar refractivity (Wildman–Crippen MR) is 175 cm³/mol. The molecule has 0 spiro atoms. The minimum absolute atomic E-state index is 0.0290. The molecular weight excluding hydrogens is 620 g/mol. The standard InChI is InChI=1S/C34H38N6O8/c1-21-19-40(33(44)35-31(21)37-39-32(43)38-36-22(2)41)30-18-28(42)29(48-30)20-47-34(23-8-6-5-7-9-23,24-10-14-26(45-3)15-11-24)25-12-16-27(46-4)17-13-25/h5-17,19,28-30,42H,18,20H2,1-4H3,(H,36,41)(H,35,37,44)(H2,38,39,43)/t28-,29+,30+/m0/s1. The van der Waals surface area contributed by atoms with Crippen LogP contribution in [0.5, 0.6) is 11.5 Å². The van der Waals surface area contributed by atoms with E-state index in [2.05, 4.69) is 26.7 Å². The quantitative estimate of drug-likeness (QED) is 0.119.